The molecule has 0 radical (unpaired) electrons. The van der Waals surface area contributed by atoms with Gasteiger partial charge in [-0.2, -0.15) is 0 Å². The first-order valence-electron chi connectivity index (χ1n) is 19.1. The lowest BCUT2D eigenvalue weighted by Crippen LogP contribution is -2.43. The van der Waals surface area contributed by atoms with Crippen LogP contribution >= 0.6 is 0 Å². The Morgan fingerprint density at radius 3 is 1.61 bits per heavy atom. The number of fused-ring (bicyclic) bond motifs is 2. The number of nitrogens with zero attached hydrogens (tertiary/aromatic N) is 4. The van der Waals surface area contributed by atoms with Crippen LogP contribution in [0.5, 0.6) is 0 Å². The summed E-state index contributed by atoms with van der Waals surface area (Å²) >= 11 is 0. The van der Waals surface area contributed by atoms with Crippen molar-refractivity contribution in [3.05, 3.63) is 143 Å². The van der Waals surface area contributed by atoms with Crippen LogP contribution in [0.3, 0.4) is 0 Å². The van der Waals surface area contributed by atoms with E-state index >= 15 is 0 Å². The Bertz CT molecular complexity index is 2380. The Morgan fingerprint density at radius 1 is 0.571 bits per heavy atom. The van der Waals surface area contributed by atoms with Crippen LogP contribution in [-0.2, 0) is 9.59 Å². The number of aromatic nitrogens is 2. The minimum absolute atomic E-state index is 0.216. The number of pyridine rings is 2. The zero-order chi connectivity index (χ0) is 38.8. The van der Waals surface area contributed by atoms with Gasteiger partial charge in [0.15, 0.2) is 0 Å². The van der Waals surface area contributed by atoms with E-state index in [9.17, 15) is 19.2 Å². The van der Waals surface area contributed by atoms with Crippen molar-refractivity contribution in [3.63, 3.8) is 0 Å². The molecule has 2 N–H and O–H groups in total. The first-order valence-corrected chi connectivity index (χ1v) is 19.1. The van der Waals surface area contributed by atoms with Gasteiger partial charge in [0.25, 0.3) is 11.8 Å². The highest BCUT2D eigenvalue weighted by Crippen LogP contribution is 2.28. The minimum Gasteiger partial charge on any atom is -0.325 e. The number of aryl methyl sites for hydroxylation is 2. The summed E-state index contributed by atoms with van der Waals surface area (Å²) in [6.07, 6.45) is 9.99. The molecule has 280 valence electrons. The van der Waals surface area contributed by atoms with Gasteiger partial charge >= 0.3 is 0 Å². The summed E-state index contributed by atoms with van der Waals surface area (Å²) in [6, 6.07) is 29.4. The van der Waals surface area contributed by atoms with Crippen LogP contribution in [-0.4, -0.2) is 68.6 Å². The summed E-state index contributed by atoms with van der Waals surface area (Å²) in [4.78, 5) is 66.3. The van der Waals surface area contributed by atoms with Crippen LogP contribution in [0.15, 0.2) is 109 Å². The molecule has 8 rings (SSSR count). The highest BCUT2D eigenvalue weighted by atomic mass is 16.2. The molecule has 4 heterocycles. The average Bonchev–Trinajstić information content (AvgIpc) is 3.93. The molecule has 6 aromatic rings. The Hall–Kier alpha value is -6.68. The number of benzene rings is 4. The van der Waals surface area contributed by atoms with E-state index in [2.05, 4.69) is 20.6 Å². The summed E-state index contributed by atoms with van der Waals surface area (Å²) in [7, 11) is 0. The second kappa shape index (κ2) is 15.6. The zero-order valence-electron chi connectivity index (χ0n) is 31.4. The van der Waals surface area contributed by atoms with Crippen molar-refractivity contribution >= 4 is 68.7 Å². The molecule has 0 bridgehead atoms. The molecule has 2 fully saturated rings. The van der Waals surface area contributed by atoms with Gasteiger partial charge in [-0.3, -0.25) is 29.1 Å². The van der Waals surface area contributed by atoms with Gasteiger partial charge in [-0.1, -0.05) is 78.9 Å². The van der Waals surface area contributed by atoms with Crippen molar-refractivity contribution in [1.82, 2.24) is 19.8 Å². The van der Waals surface area contributed by atoms with E-state index in [0.717, 1.165) is 56.6 Å². The number of anilines is 2. The fourth-order valence-corrected chi connectivity index (χ4v) is 7.87. The summed E-state index contributed by atoms with van der Waals surface area (Å²) < 4.78 is 0. The molecule has 0 unspecified atom stereocenters. The van der Waals surface area contributed by atoms with Gasteiger partial charge in [0.1, 0.15) is 23.5 Å². The van der Waals surface area contributed by atoms with Gasteiger partial charge in [0.05, 0.1) is 0 Å². The minimum atomic E-state index is -0.576. The largest absolute Gasteiger partial charge is 0.325 e. The molecule has 2 aliphatic heterocycles. The van der Waals surface area contributed by atoms with Crippen molar-refractivity contribution in [1.29, 1.82) is 0 Å². The topological polar surface area (TPSA) is 125 Å². The number of likely N-dealkylation sites (tertiary alicyclic amines) is 2. The van der Waals surface area contributed by atoms with E-state index in [4.69, 9.17) is 0 Å². The van der Waals surface area contributed by atoms with E-state index in [1.165, 1.54) is 0 Å². The highest BCUT2D eigenvalue weighted by Gasteiger charge is 2.37. The molecule has 0 spiro atoms. The number of nitrogens with one attached hydrogen (secondary N) is 2. The molecule has 10 nitrogen and oxygen atoms in total. The Morgan fingerprint density at radius 2 is 1.05 bits per heavy atom. The van der Waals surface area contributed by atoms with Crippen LogP contribution in [0.4, 0.5) is 11.4 Å². The van der Waals surface area contributed by atoms with Crippen molar-refractivity contribution in [2.24, 2.45) is 0 Å². The molecular formula is C46H42N6O4. The lowest BCUT2D eigenvalue weighted by atomic mass is 10.0. The molecule has 56 heavy (non-hydrogen) atoms. The molecule has 0 aliphatic carbocycles. The van der Waals surface area contributed by atoms with Crippen molar-refractivity contribution < 1.29 is 19.2 Å². The number of hydrogen-bond donors (Lipinski definition) is 2. The van der Waals surface area contributed by atoms with Crippen LogP contribution in [0, 0.1) is 13.8 Å². The van der Waals surface area contributed by atoms with Gasteiger partial charge in [-0.05, 0) is 103 Å². The predicted octanol–water partition coefficient (Wildman–Crippen LogP) is 8.06. The predicted molar refractivity (Wildman–Crippen MR) is 220 cm³/mol. The normalized spacial score (nSPS) is 16.8. The molecule has 2 aliphatic rings. The van der Waals surface area contributed by atoms with Crippen molar-refractivity contribution in [2.45, 2.75) is 51.6 Å². The third-order valence-corrected chi connectivity index (χ3v) is 10.9. The molecule has 4 amide bonds. The van der Waals surface area contributed by atoms with E-state index in [0.29, 0.717) is 48.7 Å². The highest BCUT2D eigenvalue weighted by molar-refractivity contribution is 6.09. The SMILES string of the molecule is Cc1cccc2c(C(=O)N3CCC[C@H]3C(=O)Nc3ccc(/C=C/c4ccc(NC(=O)[C@@H]5CCCN5C(=O)c5ncc(C)c6ccccc56)cc4)cc3)nccc12. The number of hydrogen-bond acceptors (Lipinski definition) is 6. The molecule has 2 saturated heterocycles. The molecule has 0 saturated carbocycles. The van der Waals surface area contributed by atoms with Crippen LogP contribution in [0.25, 0.3) is 33.7 Å². The van der Waals surface area contributed by atoms with Crippen molar-refractivity contribution in [2.75, 3.05) is 23.7 Å². The van der Waals surface area contributed by atoms with Crippen LogP contribution in [0.2, 0.25) is 0 Å². The molecular weight excluding hydrogens is 701 g/mol. The first kappa shape index (κ1) is 36.3. The second-order valence-electron chi connectivity index (χ2n) is 14.5. The lowest BCUT2D eigenvalue weighted by molar-refractivity contribution is -0.120. The van der Waals surface area contributed by atoms with Crippen LogP contribution < -0.4 is 10.6 Å². The van der Waals surface area contributed by atoms with Crippen LogP contribution in [0.1, 0.15) is 68.9 Å². The molecule has 10 heteroatoms. The smallest absolute Gasteiger partial charge is 0.273 e. The van der Waals surface area contributed by atoms with Gasteiger partial charge in [-0.25, -0.2) is 0 Å². The summed E-state index contributed by atoms with van der Waals surface area (Å²) in [5, 5.41) is 9.54. The maximum atomic E-state index is 13.7. The van der Waals surface area contributed by atoms with Gasteiger partial charge in [-0.15, -0.1) is 0 Å². The Kier molecular flexibility index (Phi) is 10.1. The maximum Gasteiger partial charge on any atom is 0.273 e. The number of carbonyl (C=O) groups is 4. The first-order chi connectivity index (χ1) is 27.2. The van der Waals surface area contributed by atoms with Gasteiger partial charge < -0.3 is 20.4 Å². The quantitative estimate of drug-likeness (QED) is 0.152. The van der Waals surface area contributed by atoms with E-state index in [1.807, 2.05) is 123 Å². The van der Waals surface area contributed by atoms with Gasteiger partial charge in [0.2, 0.25) is 11.8 Å². The molecule has 2 aromatic heterocycles. The van der Waals surface area contributed by atoms with Crippen molar-refractivity contribution in [3.8, 4) is 0 Å². The number of rotatable bonds is 8. The molecule has 4 aromatic carbocycles. The monoisotopic (exact) mass is 742 g/mol. The molecule has 2 atom stereocenters. The third-order valence-electron chi connectivity index (χ3n) is 10.9. The van der Waals surface area contributed by atoms with E-state index < -0.39 is 12.1 Å². The van der Waals surface area contributed by atoms with E-state index in [-0.39, 0.29) is 23.6 Å². The summed E-state index contributed by atoms with van der Waals surface area (Å²) in [5.74, 6) is -0.890. The van der Waals surface area contributed by atoms with E-state index in [1.54, 1.807) is 22.2 Å². The Balaban J connectivity index is 0.862. The zero-order valence-corrected chi connectivity index (χ0v) is 31.4. The number of carbonyl (C=O) groups excluding carboxylic acids is 4. The third kappa shape index (κ3) is 7.25. The fourth-order valence-electron chi connectivity index (χ4n) is 7.87. The van der Waals surface area contributed by atoms with Gasteiger partial charge in [0, 0.05) is 47.6 Å². The average molecular weight is 743 g/mol. The maximum absolute atomic E-state index is 13.7. The Labute approximate surface area is 325 Å². The summed E-state index contributed by atoms with van der Waals surface area (Å²) in [5.41, 5.74) is 5.99. The number of amides is 4. The lowest BCUT2D eigenvalue weighted by Gasteiger charge is -2.24. The standard InChI is InChI=1S/C46H42N6O4/c1-29-8-5-11-38-36(29)24-25-47-41(38)45(55)51-26-6-12-39(51)43(53)49-33-20-16-31(17-21-33)14-15-32-18-22-34(23-19-32)50-44(54)40-13-7-27-52(40)46(56)42-37-10-4-3-9-35(37)30(2)28-48-42/h3-5,8-11,14-25,28,39-40H,6-7,12-13,26-27H2,1-2H3,(H,49,53)(H,50,54)/b15-14+/t39-,40-/m0/s1. The second-order valence-corrected chi connectivity index (χ2v) is 14.5. The fraction of sp³-hybridized carbons (Fsp3) is 0.217. The summed E-state index contributed by atoms with van der Waals surface area (Å²) in [6.45, 7) is 4.98.